The van der Waals surface area contributed by atoms with E-state index < -0.39 is 17.7 Å². The molecule has 1 aromatic carbocycles. The first kappa shape index (κ1) is 16.6. The van der Waals surface area contributed by atoms with Crippen molar-refractivity contribution in [2.45, 2.75) is 32.4 Å². The summed E-state index contributed by atoms with van der Waals surface area (Å²) in [5, 5.41) is 3.11. The minimum Gasteiger partial charge on any atom is -0.495 e. The van der Waals surface area contributed by atoms with E-state index in [9.17, 15) is 4.79 Å². The first-order chi connectivity index (χ1) is 9.24. The lowest BCUT2D eigenvalue weighted by Gasteiger charge is -2.21. The van der Waals surface area contributed by atoms with Gasteiger partial charge in [-0.3, -0.25) is 0 Å². The lowest BCUT2D eigenvalue weighted by Crippen LogP contribution is -2.36. The van der Waals surface area contributed by atoms with Crippen LogP contribution in [0.4, 0.5) is 4.79 Å². The third-order valence-electron chi connectivity index (χ3n) is 2.47. The van der Waals surface area contributed by atoms with Crippen molar-refractivity contribution in [1.29, 1.82) is 0 Å². The number of halogens is 1. The number of ether oxygens (including phenoxy) is 2. The third-order valence-corrected chi connectivity index (χ3v) is 2.76. The van der Waals surface area contributed by atoms with Gasteiger partial charge in [-0.2, -0.15) is 0 Å². The minimum absolute atomic E-state index is 0.228. The second-order valence-electron chi connectivity index (χ2n) is 5.35. The second kappa shape index (κ2) is 6.81. The van der Waals surface area contributed by atoms with Gasteiger partial charge >= 0.3 is 6.09 Å². The Morgan fingerprint density at radius 1 is 1.45 bits per heavy atom. The second-order valence-corrected chi connectivity index (χ2v) is 5.76. The Labute approximate surface area is 124 Å². The van der Waals surface area contributed by atoms with Crippen molar-refractivity contribution < 1.29 is 14.3 Å². The van der Waals surface area contributed by atoms with Crippen LogP contribution in [-0.4, -0.2) is 25.3 Å². The lowest BCUT2D eigenvalue weighted by atomic mass is 10.1. The maximum absolute atomic E-state index is 11.6. The number of alkyl carbamates (subject to hydrolysis) is 1. The van der Waals surface area contributed by atoms with E-state index >= 15 is 0 Å². The summed E-state index contributed by atoms with van der Waals surface area (Å²) in [4.78, 5) is 11.6. The van der Waals surface area contributed by atoms with E-state index in [0.717, 1.165) is 5.56 Å². The van der Waals surface area contributed by atoms with Gasteiger partial charge in [0.25, 0.3) is 0 Å². The van der Waals surface area contributed by atoms with Crippen molar-refractivity contribution in [1.82, 2.24) is 5.32 Å². The van der Waals surface area contributed by atoms with Gasteiger partial charge in [-0.15, -0.1) is 0 Å². The number of carbonyl (C=O) groups is 1. The van der Waals surface area contributed by atoms with Gasteiger partial charge in [0.15, 0.2) is 0 Å². The van der Waals surface area contributed by atoms with E-state index in [0.29, 0.717) is 10.8 Å². The van der Waals surface area contributed by atoms with E-state index in [1.54, 1.807) is 32.9 Å². The molecule has 6 heteroatoms. The number of hydrogen-bond donors (Lipinski definition) is 2. The van der Waals surface area contributed by atoms with Gasteiger partial charge in [0.2, 0.25) is 0 Å². The first-order valence-corrected chi connectivity index (χ1v) is 6.67. The van der Waals surface area contributed by atoms with E-state index in [1.807, 2.05) is 6.07 Å². The molecule has 0 heterocycles. The zero-order valence-electron chi connectivity index (χ0n) is 12.2. The number of rotatable bonds is 4. The van der Waals surface area contributed by atoms with Gasteiger partial charge in [0.05, 0.1) is 18.2 Å². The highest BCUT2D eigenvalue weighted by Gasteiger charge is 2.18. The molecule has 1 amide bonds. The monoisotopic (exact) mass is 300 g/mol. The van der Waals surface area contributed by atoms with Crippen LogP contribution in [-0.2, 0) is 4.74 Å². The molecule has 5 nitrogen and oxygen atoms in total. The topological polar surface area (TPSA) is 73.6 Å². The number of carbonyl (C=O) groups excluding carboxylic acids is 1. The van der Waals surface area contributed by atoms with Crippen LogP contribution in [0.25, 0.3) is 0 Å². The zero-order valence-corrected chi connectivity index (χ0v) is 13.0. The van der Waals surface area contributed by atoms with E-state index in [1.165, 1.54) is 7.11 Å². The fraction of sp³-hybridized carbons (Fsp3) is 0.500. The Morgan fingerprint density at radius 3 is 2.65 bits per heavy atom. The molecular formula is C14H21ClN2O3. The Balaban J connectivity index is 2.66. The molecule has 0 saturated carbocycles. The maximum Gasteiger partial charge on any atom is 0.407 e. The van der Waals surface area contributed by atoms with E-state index in [4.69, 9.17) is 26.8 Å². The normalized spacial score (nSPS) is 12.7. The molecule has 3 N–H and O–H groups in total. The molecule has 20 heavy (non-hydrogen) atoms. The number of nitrogens with one attached hydrogen (secondary N) is 1. The van der Waals surface area contributed by atoms with Crippen molar-refractivity contribution in [3.05, 3.63) is 28.8 Å². The molecule has 112 valence electrons. The molecule has 0 aromatic heterocycles. The number of benzene rings is 1. The Hall–Kier alpha value is -1.46. The molecule has 1 unspecified atom stereocenters. The average molecular weight is 301 g/mol. The zero-order chi connectivity index (χ0) is 15.3. The van der Waals surface area contributed by atoms with Gasteiger partial charge in [-0.25, -0.2) is 4.79 Å². The fourth-order valence-corrected chi connectivity index (χ4v) is 1.91. The minimum atomic E-state index is -0.540. The summed E-state index contributed by atoms with van der Waals surface area (Å²) in [6, 6.07) is 4.88. The Kier molecular flexibility index (Phi) is 5.65. The van der Waals surface area contributed by atoms with E-state index in [2.05, 4.69) is 5.32 Å². The summed E-state index contributed by atoms with van der Waals surface area (Å²) < 4.78 is 10.4. The summed E-state index contributed by atoms with van der Waals surface area (Å²) in [5.41, 5.74) is 6.24. The van der Waals surface area contributed by atoms with Gasteiger partial charge in [-0.1, -0.05) is 23.7 Å². The highest BCUT2D eigenvalue weighted by molar-refractivity contribution is 6.32. The molecule has 0 aliphatic heterocycles. The molecule has 1 atom stereocenters. The predicted octanol–water partition coefficient (Wildman–Crippen LogP) is 2.87. The summed E-state index contributed by atoms with van der Waals surface area (Å²) >= 11 is 6.03. The molecule has 0 radical (unpaired) electrons. The van der Waals surface area contributed by atoms with Crippen molar-refractivity contribution >= 4 is 17.7 Å². The number of para-hydroxylation sites is 1. The van der Waals surface area contributed by atoms with Crippen molar-refractivity contribution in [2.75, 3.05) is 13.7 Å². The lowest BCUT2D eigenvalue weighted by molar-refractivity contribution is 0.0524. The Bertz CT molecular complexity index is 472. The van der Waals surface area contributed by atoms with Gasteiger partial charge in [-0.05, 0) is 26.8 Å². The molecule has 0 bridgehead atoms. The van der Waals surface area contributed by atoms with Crippen LogP contribution in [0.1, 0.15) is 32.4 Å². The summed E-state index contributed by atoms with van der Waals surface area (Å²) in [5.74, 6) is 0.521. The van der Waals surface area contributed by atoms with Crippen molar-refractivity contribution in [2.24, 2.45) is 5.73 Å². The number of hydrogen-bond acceptors (Lipinski definition) is 4. The summed E-state index contributed by atoms with van der Waals surface area (Å²) in [6.07, 6.45) is -0.506. The molecule has 0 spiro atoms. The maximum atomic E-state index is 11.6. The third kappa shape index (κ3) is 4.90. The van der Waals surface area contributed by atoms with Crippen LogP contribution in [0, 0.1) is 0 Å². The van der Waals surface area contributed by atoms with Crippen LogP contribution in [0.3, 0.4) is 0 Å². The predicted molar refractivity (Wildman–Crippen MR) is 79.2 cm³/mol. The van der Waals surface area contributed by atoms with Crippen LogP contribution >= 0.6 is 11.6 Å². The molecule has 0 saturated heterocycles. The average Bonchev–Trinajstić information content (AvgIpc) is 2.33. The quantitative estimate of drug-likeness (QED) is 0.896. The van der Waals surface area contributed by atoms with Crippen molar-refractivity contribution in [3.8, 4) is 5.75 Å². The van der Waals surface area contributed by atoms with Crippen LogP contribution in [0.2, 0.25) is 5.02 Å². The van der Waals surface area contributed by atoms with E-state index in [-0.39, 0.29) is 6.54 Å². The van der Waals surface area contributed by atoms with Gasteiger partial charge < -0.3 is 20.5 Å². The van der Waals surface area contributed by atoms with Gasteiger partial charge in [0, 0.05) is 12.1 Å². The van der Waals surface area contributed by atoms with Crippen molar-refractivity contribution in [3.63, 3.8) is 0 Å². The molecule has 1 aromatic rings. The Morgan fingerprint density at radius 2 is 2.10 bits per heavy atom. The summed E-state index contributed by atoms with van der Waals surface area (Å²) in [7, 11) is 1.53. The first-order valence-electron chi connectivity index (χ1n) is 6.29. The highest BCUT2D eigenvalue weighted by atomic mass is 35.5. The fourth-order valence-electron chi connectivity index (χ4n) is 1.65. The number of amides is 1. The summed E-state index contributed by atoms with van der Waals surface area (Å²) in [6.45, 7) is 5.62. The molecule has 0 aliphatic carbocycles. The molecular weight excluding hydrogens is 280 g/mol. The smallest absolute Gasteiger partial charge is 0.407 e. The van der Waals surface area contributed by atoms with Crippen LogP contribution in [0.15, 0.2) is 18.2 Å². The number of methoxy groups -OCH3 is 1. The van der Waals surface area contributed by atoms with Gasteiger partial charge in [0.1, 0.15) is 11.4 Å². The largest absolute Gasteiger partial charge is 0.495 e. The van der Waals surface area contributed by atoms with Crippen LogP contribution < -0.4 is 15.8 Å². The standard InChI is InChI=1S/C14H21ClN2O3/c1-14(2,3)20-13(18)17-8-11(16)9-6-5-7-10(15)12(9)19-4/h5-7,11H,8,16H2,1-4H3,(H,17,18). The highest BCUT2D eigenvalue weighted by Crippen LogP contribution is 2.31. The van der Waals surface area contributed by atoms with Crippen LogP contribution in [0.5, 0.6) is 5.75 Å². The molecule has 0 fully saturated rings. The molecule has 1 rings (SSSR count). The SMILES string of the molecule is COc1c(Cl)cccc1C(N)CNC(=O)OC(C)(C)C. The number of nitrogens with two attached hydrogens (primary N) is 1. The molecule has 0 aliphatic rings.